The normalized spacial score (nSPS) is 12.3. The van der Waals surface area contributed by atoms with Crippen molar-refractivity contribution in [2.24, 2.45) is 0 Å². The van der Waals surface area contributed by atoms with Crippen LogP contribution in [-0.2, 0) is 13.1 Å². The van der Waals surface area contributed by atoms with E-state index in [4.69, 9.17) is 4.74 Å². The van der Waals surface area contributed by atoms with E-state index in [-0.39, 0.29) is 6.04 Å². The first-order valence-electron chi connectivity index (χ1n) is 7.03. The Kier molecular flexibility index (Phi) is 5.12. The predicted molar refractivity (Wildman–Crippen MR) is 78.6 cm³/mol. The standard InChI is InChI=1S/C15H22N4O/c1-4-13(12-8-6-7-9-14(12)20-3)16-10-15-18-17-11-19(15)5-2/h6-9,11,13,16H,4-5,10H2,1-3H3. The van der Waals surface area contributed by atoms with Crippen molar-refractivity contribution in [3.63, 3.8) is 0 Å². The molecule has 0 spiro atoms. The highest BCUT2D eigenvalue weighted by atomic mass is 16.5. The van der Waals surface area contributed by atoms with E-state index in [0.29, 0.717) is 6.54 Å². The van der Waals surface area contributed by atoms with Gasteiger partial charge < -0.3 is 14.6 Å². The van der Waals surface area contributed by atoms with E-state index >= 15 is 0 Å². The Hall–Kier alpha value is -1.88. The quantitative estimate of drug-likeness (QED) is 0.843. The second kappa shape index (κ2) is 7.05. The summed E-state index contributed by atoms with van der Waals surface area (Å²) in [5, 5.41) is 11.6. The van der Waals surface area contributed by atoms with E-state index in [1.807, 2.05) is 22.8 Å². The van der Waals surface area contributed by atoms with Gasteiger partial charge in [0.2, 0.25) is 0 Å². The van der Waals surface area contributed by atoms with Crippen molar-refractivity contribution in [3.8, 4) is 5.75 Å². The summed E-state index contributed by atoms with van der Waals surface area (Å²) in [4.78, 5) is 0. The van der Waals surface area contributed by atoms with Gasteiger partial charge in [-0.2, -0.15) is 0 Å². The third-order valence-electron chi connectivity index (χ3n) is 3.47. The number of nitrogens with one attached hydrogen (secondary N) is 1. The van der Waals surface area contributed by atoms with Crippen molar-refractivity contribution in [3.05, 3.63) is 42.0 Å². The summed E-state index contributed by atoms with van der Waals surface area (Å²) in [6.45, 7) is 5.83. The average molecular weight is 274 g/mol. The molecule has 1 N–H and O–H groups in total. The third-order valence-corrected chi connectivity index (χ3v) is 3.47. The van der Waals surface area contributed by atoms with Crippen LogP contribution in [0.4, 0.5) is 0 Å². The number of ether oxygens (including phenoxy) is 1. The minimum Gasteiger partial charge on any atom is -0.496 e. The van der Waals surface area contributed by atoms with Crippen LogP contribution in [0.5, 0.6) is 5.75 Å². The number of methoxy groups -OCH3 is 1. The first kappa shape index (κ1) is 14.5. The Morgan fingerprint density at radius 2 is 2.10 bits per heavy atom. The molecule has 5 nitrogen and oxygen atoms in total. The van der Waals surface area contributed by atoms with Crippen molar-refractivity contribution in [2.75, 3.05) is 7.11 Å². The summed E-state index contributed by atoms with van der Waals surface area (Å²) in [6, 6.07) is 8.37. The second-order valence-corrected chi connectivity index (χ2v) is 4.62. The molecule has 1 atom stereocenters. The highest BCUT2D eigenvalue weighted by Gasteiger charge is 2.14. The zero-order valence-electron chi connectivity index (χ0n) is 12.3. The molecule has 1 unspecified atom stereocenters. The van der Waals surface area contributed by atoms with E-state index in [2.05, 4.69) is 35.4 Å². The number of benzene rings is 1. The lowest BCUT2D eigenvalue weighted by Gasteiger charge is -2.19. The molecule has 1 aromatic heterocycles. The van der Waals surface area contributed by atoms with Crippen molar-refractivity contribution < 1.29 is 4.74 Å². The van der Waals surface area contributed by atoms with E-state index in [9.17, 15) is 0 Å². The van der Waals surface area contributed by atoms with E-state index in [0.717, 1.165) is 24.5 Å². The molecule has 0 saturated carbocycles. The number of hydrogen-bond donors (Lipinski definition) is 1. The molecule has 0 bridgehead atoms. The molecule has 0 fully saturated rings. The van der Waals surface area contributed by atoms with E-state index in [1.165, 1.54) is 5.56 Å². The largest absolute Gasteiger partial charge is 0.496 e. The van der Waals surface area contributed by atoms with Crippen molar-refractivity contribution in [1.82, 2.24) is 20.1 Å². The van der Waals surface area contributed by atoms with E-state index < -0.39 is 0 Å². The fourth-order valence-electron chi connectivity index (χ4n) is 2.32. The fraction of sp³-hybridized carbons (Fsp3) is 0.467. The van der Waals surface area contributed by atoms with Crippen molar-refractivity contribution >= 4 is 0 Å². The molecule has 20 heavy (non-hydrogen) atoms. The van der Waals surface area contributed by atoms with Gasteiger partial charge in [0.1, 0.15) is 17.9 Å². The summed E-state index contributed by atoms with van der Waals surface area (Å²) in [6.07, 6.45) is 2.75. The maximum Gasteiger partial charge on any atom is 0.146 e. The van der Waals surface area contributed by atoms with Crippen LogP contribution in [0.25, 0.3) is 0 Å². The minimum atomic E-state index is 0.244. The highest BCUT2D eigenvalue weighted by Crippen LogP contribution is 2.26. The first-order chi connectivity index (χ1) is 9.80. The monoisotopic (exact) mass is 274 g/mol. The number of aromatic nitrogens is 3. The Labute approximate surface area is 120 Å². The molecule has 5 heteroatoms. The average Bonchev–Trinajstić information content (AvgIpc) is 2.96. The van der Waals surface area contributed by atoms with Crippen LogP contribution in [0.2, 0.25) is 0 Å². The van der Waals surface area contributed by atoms with Crippen LogP contribution in [0, 0.1) is 0 Å². The third kappa shape index (κ3) is 3.17. The predicted octanol–water partition coefficient (Wildman–Crippen LogP) is 2.55. The van der Waals surface area contributed by atoms with Crippen LogP contribution < -0.4 is 10.1 Å². The molecular weight excluding hydrogens is 252 g/mol. The molecule has 108 valence electrons. The Bertz CT molecular complexity index is 538. The van der Waals surface area contributed by atoms with Gasteiger partial charge >= 0.3 is 0 Å². The maximum absolute atomic E-state index is 5.44. The van der Waals surface area contributed by atoms with E-state index in [1.54, 1.807) is 13.4 Å². The van der Waals surface area contributed by atoms with Crippen LogP contribution in [0.3, 0.4) is 0 Å². The van der Waals surface area contributed by atoms with Gasteiger partial charge in [-0.15, -0.1) is 10.2 Å². The summed E-state index contributed by atoms with van der Waals surface area (Å²) >= 11 is 0. The SMILES string of the molecule is CCC(NCc1nncn1CC)c1ccccc1OC. The Morgan fingerprint density at radius 1 is 1.30 bits per heavy atom. The summed E-state index contributed by atoms with van der Waals surface area (Å²) in [5.41, 5.74) is 1.18. The maximum atomic E-state index is 5.44. The summed E-state index contributed by atoms with van der Waals surface area (Å²) in [5.74, 6) is 1.88. The topological polar surface area (TPSA) is 52.0 Å². The van der Waals surface area contributed by atoms with Crippen molar-refractivity contribution in [2.45, 2.75) is 39.4 Å². The number of rotatable bonds is 7. The molecule has 1 aromatic carbocycles. The van der Waals surface area contributed by atoms with Gasteiger partial charge in [-0.1, -0.05) is 25.1 Å². The minimum absolute atomic E-state index is 0.244. The van der Waals surface area contributed by atoms with Gasteiger partial charge in [0, 0.05) is 18.2 Å². The summed E-state index contributed by atoms with van der Waals surface area (Å²) in [7, 11) is 1.71. The van der Waals surface area contributed by atoms with Gasteiger partial charge in [0.15, 0.2) is 0 Å². The zero-order valence-corrected chi connectivity index (χ0v) is 12.3. The van der Waals surface area contributed by atoms with Gasteiger partial charge in [-0.3, -0.25) is 0 Å². The van der Waals surface area contributed by atoms with Gasteiger partial charge in [-0.25, -0.2) is 0 Å². The van der Waals surface area contributed by atoms with Gasteiger partial charge in [-0.05, 0) is 19.4 Å². The number of para-hydroxylation sites is 1. The van der Waals surface area contributed by atoms with Crippen LogP contribution in [-0.4, -0.2) is 21.9 Å². The molecule has 0 aliphatic carbocycles. The first-order valence-corrected chi connectivity index (χ1v) is 7.03. The Morgan fingerprint density at radius 3 is 2.80 bits per heavy atom. The highest BCUT2D eigenvalue weighted by molar-refractivity contribution is 5.35. The molecule has 2 aromatic rings. The van der Waals surface area contributed by atoms with Crippen LogP contribution >= 0.6 is 0 Å². The lowest BCUT2D eigenvalue weighted by molar-refractivity contribution is 0.395. The van der Waals surface area contributed by atoms with Crippen LogP contribution in [0.15, 0.2) is 30.6 Å². The Balaban J connectivity index is 2.09. The smallest absolute Gasteiger partial charge is 0.146 e. The second-order valence-electron chi connectivity index (χ2n) is 4.62. The van der Waals surface area contributed by atoms with Crippen LogP contribution in [0.1, 0.15) is 37.7 Å². The molecule has 0 aliphatic rings. The molecule has 0 amide bonds. The van der Waals surface area contributed by atoms with Crippen molar-refractivity contribution in [1.29, 1.82) is 0 Å². The lowest BCUT2D eigenvalue weighted by Crippen LogP contribution is -2.22. The zero-order chi connectivity index (χ0) is 14.4. The number of aryl methyl sites for hydroxylation is 1. The molecule has 1 heterocycles. The molecule has 2 rings (SSSR count). The molecule has 0 saturated heterocycles. The number of nitrogens with zero attached hydrogens (tertiary/aromatic N) is 3. The molecule has 0 radical (unpaired) electrons. The fourth-order valence-corrected chi connectivity index (χ4v) is 2.32. The number of hydrogen-bond acceptors (Lipinski definition) is 4. The van der Waals surface area contributed by atoms with Gasteiger partial charge in [0.25, 0.3) is 0 Å². The summed E-state index contributed by atoms with van der Waals surface area (Å²) < 4.78 is 7.48. The lowest BCUT2D eigenvalue weighted by atomic mass is 10.0. The van der Waals surface area contributed by atoms with Gasteiger partial charge in [0.05, 0.1) is 13.7 Å². The molecular formula is C15H22N4O. The molecule has 0 aliphatic heterocycles.